The van der Waals surface area contributed by atoms with Gasteiger partial charge in [-0.3, -0.25) is 4.21 Å². The Hall–Kier alpha value is -1.73. The summed E-state index contributed by atoms with van der Waals surface area (Å²) in [6.45, 7) is 1.49. The van der Waals surface area contributed by atoms with Crippen LogP contribution in [-0.2, 0) is 10.8 Å². The second-order valence-electron chi connectivity index (χ2n) is 5.54. The number of amides is 2. The van der Waals surface area contributed by atoms with Gasteiger partial charge in [0.15, 0.2) is 0 Å². The lowest BCUT2D eigenvalue weighted by atomic mass is 9.98. The number of benzene rings is 1. The summed E-state index contributed by atoms with van der Waals surface area (Å²) in [5, 5.41) is 6.08. The standard InChI is InChI=1S/C16H19N3O2S2/c1-23(21)14-4-2-13(3-5-14)18-16(20)19-9-6-12(7-10-19)15-17-8-11-22-15/h2-5,8,11-12H,6-7,9-10H2,1H3,(H,18,20). The normalized spacial score (nSPS) is 17.0. The van der Waals surface area contributed by atoms with E-state index in [1.54, 1.807) is 41.9 Å². The van der Waals surface area contributed by atoms with Crippen LogP contribution in [0.2, 0.25) is 0 Å². The molecule has 1 aliphatic rings. The minimum atomic E-state index is -1.00. The number of carbonyl (C=O) groups excluding carboxylic acids is 1. The number of hydrogen-bond donors (Lipinski definition) is 1. The minimum Gasteiger partial charge on any atom is -0.324 e. The fourth-order valence-corrected chi connectivity index (χ4v) is 4.03. The van der Waals surface area contributed by atoms with Crippen molar-refractivity contribution < 1.29 is 9.00 Å². The predicted octanol–water partition coefficient (Wildman–Crippen LogP) is 3.29. The van der Waals surface area contributed by atoms with Crippen LogP contribution in [0.5, 0.6) is 0 Å². The van der Waals surface area contributed by atoms with Crippen molar-refractivity contribution in [2.24, 2.45) is 0 Å². The third-order valence-corrected chi connectivity index (χ3v) is 5.89. The topological polar surface area (TPSA) is 62.3 Å². The van der Waals surface area contributed by atoms with Gasteiger partial charge in [0.1, 0.15) is 0 Å². The summed E-state index contributed by atoms with van der Waals surface area (Å²) < 4.78 is 11.4. The molecule has 2 aromatic rings. The zero-order valence-corrected chi connectivity index (χ0v) is 14.5. The number of rotatable bonds is 3. The Morgan fingerprint density at radius 3 is 2.57 bits per heavy atom. The van der Waals surface area contributed by atoms with Crippen molar-refractivity contribution in [3.8, 4) is 0 Å². The molecule has 2 heterocycles. The van der Waals surface area contributed by atoms with E-state index in [-0.39, 0.29) is 6.03 Å². The molecular formula is C16H19N3O2S2. The maximum atomic E-state index is 12.3. The first-order valence-electron chi connectivity index (χ1n) is 7.52. The Morgan fingerprint density at radius 2 is 2.00 bits per heavy atom. The average Bonchev–Trinajstić information content (AvgIpc) is 3.10. The highest BCUT2D eigenvalue weighted by atomic mass is 32.2. The predicted molar refractivity (Wildman–Crippen MR) is 93.5 cm³/mol. The van der Waals surface area contributed by atoms with Gasteiger partial charge >= 0.3 is 6.03 Å². The third kappa shape index (κ3) is 3.97. The molecule has 2 amide bonds. The summed E-state index contributed by atoms with van der Waals surface area (Å²) in [6, 6.07) is 7.06. The number of nitrogens with one attached hydrogen (secondary N) is 1. The second-order valence-corrected chi connectivity index (χ2v) is 7.85. The minimum absolute atomic E-state index is 0.0760. The first-order valence-corrected chi connectivity index (χ1v) is 9.96. The number of piperidine rings is 1. The van der Waals surface area contributed by atoms with Crippen molar-refractivity contribution >= 4 is 33.9 Å². The Kier molecular flexibility index (Phi) is 5.07. The second kappa shape index (κ2) is 7.23. The fourth-order valence-electron chi connectivity index (χ4n) is 2.70. The van der Waals surface area contributed by atoms with Crippen LogP contribution in [0, 0.1) is 0 Å². The molecule has 0 radical (unpaired) electrons. The van der Waals surface area contributed by atoms with Crippen LogP contribution in [0.25, 0.3) is 0 Å². The zero-order valence-electron chi connectivity index (χ0n) is 12.9. The largest absolute Gasteiger partial charge is 0.324 e. The van der Waals surface area contributed by atoms with Crippen LogP contribution < -0.4 is 5.32 Å². The van der Waals surface area contributed by atoms with Gasteiger partial charge in [0.2, 0.25) is 0 Å². The summed E-state index contributed by atoms with van der Waals surface area (Å²) in [5.74, 6) is 0.470. The Balaban J connectivity index is 1.54. The molecule has 5 nitrogen and oxygen atoms in total. The van der Waals surface area contributed by atoms with Crippen molar-refractivity contribution in [3.05, 3.63) is 40.8 Å². The number of likely N-dealkylation sites (tertiary alicyclic amines) is 1. The Labute approximate surface area is 142 Å². The molecule has 122 valence electrons. The molecule has 1 unspecified atom stereocenters. The molecule has 23 heavy (non-hydrogen) atoms. The number of aromatic nitrogens is 1. The molecule has 0 spiro atoms. The lowest BCUT2D eigenvalue weighted by molar-refractivity contribution is 0.194. The molecule has 0 aliphatic carbocycles. The molecule has 1 aromatic heterocycles. The van der Waals surface area contributed by atoms with Crippen molar-refractivity contribution in [2.45, 2.75) is 23.7 Å². The summed E-state index contributed by atoms with van der Waals surface area (Å²) in [4.78, 5) is 19.3. The number of hydrogen-bond acceptors (Lipinski definition) is 4. The van der Waals surface area contributed by atoms with Crippen LogP contribution in [-0.4, -0.2) is 39.5 Å². The molecule has 1 saturated heterocycles. The fraction of sp³-hybridized carbons (Fsp3) is 0.375. The van der Waals surface area contributed by atoms with Gasteiger partial charge in [0.05, 0.1) is 5.01 Å². The molecule has 1 aliphatic heterocycles. The van der Waals surface area contributed by atoms with Crippen LogP contribution in [0.15, 0.2) is 40.7 Å². The summed E-state index contributed by atoms with van der Waals surface area (Å²) in [6.07, 6.45) is 5.38. The first-order chi connectivity index (χ1) is 11.1. The van der Waals surface area contributed by atoms with E-state index in [9.17, 15) is 9.00 Å². The van der Waals surface area contributed by atoms with Gasteiger partial charge in [-0.1, -0.05) is 0 Å². The first kappa shape index (κ1) is 16.1. The van der Waals surface area contributed by atoms with Crippen molar-refractivity contribution in [1.82, 2.24) is 9.88 Å². The quantitative estimate of drug-likeness (QED) is 0.925. The smallest absolute Gasteiger partial charge is 0.321 e. The highest BCUT2D eigenvalue weighted by molar-refractivity contribution is 7.84. The SMILES string of the molecule is CS(=O)c1ccc(NC(=O)N2CCC(c3nccs3)CC2)cc1. The van der Waals surface area contributed by atoms with Crippen LogP contribution in [0.1, 0.15) is 23.8 Å². The maximum Gasteiger partial charge on any atom is 0.321 e. The van der Waals surface area contributed by atoms with Crippen molar-refractivity contribution in [1.29, 1.82) is 0 Å². The Bertz CT molecular complexity index is 678. The van der Waals surface area contributed by atoms with Gasteiger partial charge in [0, 0.05) is 58.2 Å². The summed E-state index contributed by atoms with van der Waals surface area (Å²) >= 11 is 1.69. The maximum absolute atomic E-state index is 12.3. The highest BCUT2D eigenvalue weighted by Crippen LogP contribution is 2.29. The zero-order chi connectivity index (χ0) is 16.2. The van der Waals surface area contributed by atoms with Gasteiger partial charge in [-0.15, -0.1) is 11.3 Å². The molecular weight excluding hydrogens is 330 g/mol. The van der Waals surface area contributed by atoms with Gasteiger partial charge in [0.25, 0.3) is 0 Å². The number of nitrogens with zero attached hydrogens (tertiary/aromatic N) is 2. The van der Waals surface area contributed by atoms with Gasteiger partial charge in [-0.2, -0.15) is 0 Å². The molecule has 3 rings (SSSR count). The van der Waals surface area contributed by atoms with E-state index in [4.69, 9.17) is 0 Å². The van der Waals surface area contributed by atoms with Crippen LogP contribution in [0.3, 0.4) is 0 Å². The monoisotopic (exact) mass is 349 g/mol. The summed E-state index contributed by atoms with van der Waals surface area (Å²) in [7, 11) is -1.00. The lowest BCUT2D eigenvalue weighted by Gasteiger charge is -2.31. The average molecular weight is 349 g/mol. The van der Waals surface area contributed by atoms with E-state index >= 15 is 0 Å². The van der Waals surface area contributed by atoms with Gasteiger partial charge in [-0.25, -0.2) is 9.78 Å². The third-order valence-electron chi connectivity index (χ3n) is 4.02. The number of urea groups is 1. The number of thiazole rings is 1. The molecule has 1 aromatic carbocycles. The van der Waals surface area contributed by atoms with E-state index in [1.165, 1.54) is 5.01 Å². The Morgan fingerprint density at radius 1 is 1.30 bits per heavy atom. The van der Waals surface area contributed by atoms with E-state index in [0.717, 1.165) is 36.5 Å². The molecule has 7 heteroatoms. The van der Waals surface area contributed by atoms with Gasteiger partial charge in [-0.05, 0) is 37.1 Å². The highest BCUT2D eigenvalue weighted by Gasteiger charge is 2.25. The lowest BCUT2D eigenvalue weighted by Crippen LogP contribution is -2.40. The van der Waals surface area contributed by atoms with Gasteiger partial charge < -0.3 is 10.2 Å². The van der Waals surface area contributed by atoms with Crippen molar-refractivity contribution in [2.75, 3.05) is 24.7 Å². The van der Waals surface area contributed by atoms with E-state index in [0.29, 0.717) is 5.92 Å². The van der Waals surface area contributed by atoms with Crippen LogP contribution >= 0.6 is 11.3 Å². The van der Waals surface area contributed by atoms with E-state index in [1.807, 2.05) is 16.5 Å². The number of carbonyl (C=O) groups is 1. The number of anilines is 1. The molecule has 0 saturated carbocycles. The van der Waals surface area contributed by atoms with Crippen LogP contribution in [0.4, 0.5) is 10.5 Å². The van der Waals surface area contributed by atoms with E-state index < -0.39 is 10.8 Å². The molecule has 1 N–H and O–H groups in total. The molecule has 0 bridgehead atoms. The molecule has 1 atom stereocenters. The summed E-state index contributed by atoms with van der Waals surface area (Å²) in [5.41, 5.74) is 0.728. The van der Waals surface area contributed by atoms with E-state index in [2.05, 4.69) is 10.3 Å². The van der Waals surface area contributed by atoms with Crippen molar-refractivity contribution in [3.63, 3.8) is 0 Å². The molecule has 1 fully saturated rings.